The average molecular weight is 254 g/mol. The Morgan fingerprint density at radius 2 is 2.11 bits per heavy atom. The number of carbonyl (C=O) groups excluding carboxylic acids is 1. The van der Waals surface area contributed by atoms with Crippen molar-refractivity contribution in [3.05, 3.63) is 0 Å². The van der Waals surface area contributed by atoms with Crippen LogP contribution in [0.4, 0.5) is 0 Å². The van der Waals surface area contributed by atoms with Crippen molar-refractivity contribution in [1.82, 2.24) is 10.2 Å². The van der Waals surface area contributed by atoms with Gasteiger partial charge in [0.05, 0.1) is 0 Å². The van der Waals surface area contributed by atoms with Crippen molar-refractivity contribution in [2.45, 2.75) is 44.6 Å². The SMILES string of the molecule is COCC1CCN(C(=O)CCC2CCCN2)CC1. The molecule has 2 aliphatic rings. The van der Waals surface area contributed by atoms with E-state index in [9.17, 15) is 4.79 Å². The number of hydrogen-bond acceptors (Lipinski definition) is 3. The maximum absolute atomic E-state index is 12.1. The van der Waals surface area contributed by atoms with E-state index >= 15 is 0 Å². The predicted molar refractivity (Wildman–Crippen MR) is 71.4 cm³/mol. The number of carbonyl (C=O) groups is 1. The van der Waals surface area contributed by atoms with Crippen LogP contribution in [0.25, 0.3) is 0 Å². The van der Waals surface area contributed by atoms with Crippen LogP contribution >= 0.6 is 0 Å². The van der Waals surface area contributed by atoms with Gasteiger partial charge in [-0.05, 0) is 44.6 Å². The van der Waals surface area contributed by atoms with Gasteiger partial charge in [-0.2, -0.15) is 0 Å². The topological polar surface area (TPSA) is 41.6 Å². The fraction of sp³-hybridized carbons (Fsp3) is 0.929. The highest BCUT2D eigenvalue weighted by atomic mass is 16.5. The van der Waals surface area contributed by atoms with Crippen molar-refractivity contribution in [1.29, 1.82) is 0 Å². The molecule has 4 nitrogen and oxygen atoms in total. The zero-order valence-corrected chi connectivity index (χ0v) is 11.5. The second-order valence-electron chi connectivity index (χ2n) is 5.61. The number of amides is 1. The Morgan fingerprint density at radius 3 is 2.72 bits per heavy atom. The molecule has 0 saturated carbocycles. The molecule has 0 aliphatic carbocycles. The van der Waals surface area contributed by atoms with Crippen LogP contribution in [0.5, 0.6) is 0 Å². The molecule has 2 aliphatic heterocycles. The Balaban J connectivity index is 1.64. The Bertz CT molecular complexity index is 257. The molecule has 1 amide bonds. The highest BCUT2D eigenvalue weighted by Gasteiger charge is 2.23. The zero-order chi connectivity index (χ0) is 12.8. The van der Waals surface area contributed by atoms with E-state index in [1.807, 2.05) is 4.90 Å². The molecule has 2 saturated heterocycles. The molecule has 0 radical (unpaired) electrons. The molecule has 2 fully saturated rings. The summed E-state index contributed by atoms with van der Waals surface area (Å²) >= 11 is 0. The van der Waals surface area contributed by atoms with Gasteiger partial charge in [0.1, 0.15) is 0 Å². The summed E-state index contributed by atoms with van der Waals surface area (Å²) in [6, 6.07) is 0.583. The third kappa shape index (κ3) is 3.95. The summed E-state index contributed by atoms with van der Waals surface area (Å²) in [6.07, 6.45) is 6.43. The van der Waals surface area contributed by atoms with Gasteiger partial charge in [-0.3, -0.25) is 4.79 Å². The molecule has 18 heavy (non-hydrogen) atoms. The molecule has 1 atom stereocenters. The van der Waals surface area contributed by atoms with E-state index in [1.54, 1.807) is 7.11 Å². The lowest BCUT2D eigenvalue weighted by atomic mass is 9.97. The molecule has 1 N–H and O–H groups in total. The van der Waals surface area contributed by atoms with Crippen LogP contribution in [0.2, 0.25) is 0 Å². The van der Waals surface area contributed by atoms with E-state index in [4.69, 9.17) is 4.74 Å². The maximum atomic E-state index is 12.1. The summed E-state index contributed by atoms with van der Waals surface area (Å²) in [4.78, 5) is 14.1. The molecule has 104 valence electrons. The number of ether oxygens (including phenoxy) is 1. The van der Waals surface area contributed by atoms with E-state index < -0.39 is 0 Å². The number of nitrogens with zero attached hydrogens (tertiary/aromatic N) is 1. The highest BCUT2D eigenvalue weighted by molar-refractivity contribution is 5.76. The van der Waals surface area contributed by atoms with E-state index in [2.05, 4.69) is 5.32 Å². The van der Waals surface area contributed by atoms with Crippen LogP contribution in [-0.4, -0.2) is 50.2 Å². The van der Waals surface area contributed by atoms with E-state index in [0.717, 1.165) is 45.5 Å². The largest absolute Gasteiger partial charge is 0.384 e. The van der Waals surface area contributed by atoms with Gasteiger partial charge < -0.3 is 15.0 Å². The Kier molecular flexibility index (Phi) is 5.45. The van der Waals surface area contributed by atoms with Crippen LogP contribution in [0.3, 0.4) is 0 Å². The molecule has 0 aromatic carbocycles. The van der Waals surface area contributed by atoms with Crippen LogP contribution in [0, 0.1) is 5.92 Å². The molecule has 4 heteroatoms. The van der Waals surface area contributed by atoms with Crippen molar-refractivity contribution in [3.8, 4) is 0 Å². The van der Waals surface area contributed by atoms with Crippen molar-refractivity contribution in [2.24, 2.45) is 5.92 Å². The lowest BCUT2D eigenvalue weighted by molar-refractivity contribution is -0.133. The quantitative estimate of drug-likeness (QED) is 0.806. The second kappa shape index (κ2) is 7.10. The molecule has 0 bridgehead atoms. The molecule has 2 rings (SSSR count). The molecule has 1 unspecified atom stereocenters. The van der Waals surface area contributed by atoms with Gasteiger partial charge in [0.25, 0.3) is 0 Å². The van der Waals surface area contributed by atoms with Crippen LogP contribution in [-0.2, 0) is 9.53 Å². The first-order chi connectivity index (χ1) is 8.79. The first-order valence-corrected chi connectivity index (χ1v) is 7.29. The second-order valence-corrected chi connectivity index (χ2v) is 5.61. The van der Waals surface area contributed by atoms with Crippen molar-refractivity contribution >= 4 is 5.91 Å². The first-order valence-electron chi connectivity index (χ1n) is 7.29. The van der Waals surface area contributed by atoms with E-state index in [0.29, 0.717) is 24.3 Å². The van der Waals surface area contributed by atoms with Crippen molar-refractivity contribution in [2.75, 3.05) is 33.4 Å². The van der Waals surface area contributed by atoms with Crippen LogP contribution in [0.1, 0.15) is 38.5 Å². The summed E-state index contributed by atoms with van der Waals surface area (Å²) in [5, 5.41) is 3.45. The number of hydrogen-bond donors (Lipinski definition) is 1. The fourth-order valence-corrected chi connectivity index (χ4v) is 3.04. The average Bonchev–Trinajstić information content (AvgIpc) is 2.90. The van der Waals surface area contributed by atoms with Gasteiger partial charge in [0, 0.05) is 39.3 Å². The predicted octanol–water partition coefficient (Wildman–Crippen LogP) is 1.40. The number of nitrogens with one attached hydrogen (secondary N) is 1. The molecular formula is C14H26N2O2. The minimum Gasteiger partial charge on any atom is -0.384 e. The van der Waals surface area contributed by atoms with Crippen molar-refractivity contribution < 1.29 is 9.53 Å². The summed E-state index contributed by atoms with van der Waals surface area (Å²) in [7, 11) is 1.76. The fourth-order valence-electron chi connectivity index (χ4n) is 3.04. The lowest BCUT2D eigenvalue weighted by Crippen LogP contribution is -2.39. The zero-order valence-electron chi connectivity index (χ0n) is 11.5. The van der Waals surface area contributed by atoms with Gasteiger partial charge in [0.15, 0.2) is 0 Å². The molecule has 0 aromatic rings. The van der Waals surface area contributed by atoms with Gasteiger partial charge in [-0.25, -0.2) is 0 Å². The Morgan fingerprint density at radius 1 is 1.33 bits per heavy atom. The van der Waals surface area contributed by atoms with Crippen LogP contribution < -0.4 is 5.32 Å². The van der Waals surface area contributed by atoms with Crippen LogP contribution in [0.15, 0.2) is 0 Å². The maximum Gasteiger partial charge on any atom is 0.222 e. The monoisotopic (exact) mass is 254 g/mol. The summed E-state index contributed by atoms with van der Waals surface area (Å²) in [5.41, 5.74) is 0. The number of methoxy groups -OCH3 is 1. The van der Waals surface area contributed by atoms with Crippen molar-refractivity contribution in [3.63, 3.8) is 0 Å². The molecular weight excluding hydrogens is 228 g/mol. The first kappa shape index (κ1) is 13.8. The van der Waals surface area contributed by atoms with E-state index in [1.165, 1.54) is 12.8 Å². The number of likely N-dealkylation sites (tertiary alicyclic amines) is 1. The third-order valence-electron chi connectivity index (χ3n) is 4.24. The lowest BCUT2D eigenvalue weighted by Gasteiger charge is -2.32. The summed E-state index contributed by atoms with van der Waals surface area (Å²) < 4.78 is 5.18. The molecule has 2 heterocycles. The van der Waals surface area contributed by atoms with Gasteiger partial charge in [-0.1, -0.05) is 0 Å². The van der Waals surface area contributed by atoms with E-state index in [-0.39, 0.29) is 0 Å². The number of piperidine rings is 1. The minimum absolute atomic E-state index is 0.347. The van der Waals surface area contributed by atoms with Gasteiger partial charge in [-0.15, -0.1) is 0 Å². The standard InChI is InChI=1S/C14H26N2O2/c1-18-11-12-6-9-16(10-7-12)14(17)5-4-13-3-2-8-15-13/h12-13,15H,2-11H2,1H3. The molecule has 0 aromatic heterocycles. The van der Waals surface area contributed by atoms with Gasteiger partial charge in [0.2, 0.25) is 5.91 Å². The molecule has 0 spiro atoms. The number of rotatable bonds is 5. The normalized spacial score (nSPS) is 25.6. The summed E-state index contributed by atoms with van der Waals surface area (Å²) in [6.45, 7) is 3.81. The summed E-state index contributed by atoms with van der Waals surface area (Å²) in [5.74, 6) is 0.995. The smallest absolute Gasteiger partial charge is 0.222 e. The highest BCUT2D eigenvalue weighted by Crippen LogP contribution is 2.19. The third-order valence-corrected chi connectivity index (χ3v) is 4.24. The van der Waals surface area contributed by atoms with Gasteiger partial charge >= 0.3 is 0 Å². The minimum atomic E-state index is 0.347. The Hall–Kier alpha value is -0.610. The Labute approximate surface area is 110 Å².